The Balaban J connectivity index is 4.22. The van der Waals surface area contributed by atoms with Crippen molar-refractivity contribution in [1.82, 2.24) is 0 Å². The summed E-state index contributed by atoms with van der Waals surface area (Å²) in [6.07, 6.45) is 0. The summed E-state index contributed by atoms with van der Waals surface area (Å²) >= 11 is 0. The van der Waals surface area contributed by atoms with Crippen LogP contribution >= 0.6 is 0 Å². The second-order valence-electron chi connectivity index (χ2n) is 3.98. The largest absolute Gasteiger partial charge is 0.460 e. The van der Waals surface area contributed by atoms with Crippen LogP contribution in [0.5, 0.6) is 0 Å². The summed E-state index contributed by atoms with van der Waals surface area (Å²) in [7, 11) is 0. The summed E-state index contributed by atoms with van der Waals surface area (Å²) in [6, 6.07) is 1.01. The van der Waals surface area contributed by atoms with Crippen LogP contribution in [0.1, 0.15) is 27.7 Å². The lowest BCUT2D eigenvalue weighted by molar-refractivity contribution is -0.159. The van der Waals surface area contributed by atoms with Crippen LogP contribution in [-0.2, 0) is 9.53 Å². The van der Waals surface area contributed by atoms with Crippen LogP contribution in [-0.4, -0.2) is 17.6 Å². The molecule has 0 spiro atoms. The van der Waals surface area contributed by atoms with Crippen LogP contribution in [0.3, 0.4) is 0 Å². The molecular formula is C9H16N2O2. The highest BCUT2D eigenvalue weighted by molar-refractivity contribution is 5.73. The fraction of sp³-hybridized carbons (Fsp3) is 0.778. The minimum atomic E-state index is -0.796. The SMILES string of the molecule is C[C@@H](C(=O)OC(C)(C)C)[C@@H](N)C#N. The summed E-state index contributed by atoms with van der Waals surface area (Å²) in [4.78, 5) is 11.3. The number of nitrogens with two attached hydrogens (primary N) is 1. The summed E-state index contributed by atoms with van der Waals surface area (Å²) in [5.74, 6) is -1.01. The fourth-order valence-corrected chi connectivity index (χ4v) is 0.653. The molecule has 4 heteroatoms. The summed E-state index contributed by atoms with van der Waals surface area (Å²) in [5.41, 5.74) is 4.85. The Bertz CT molecular complexity index is 225. The Hall–Kier alpha value is -1.08. The van der Waals surface area contributed by atoms with Gasteiger partial charge in [-0.2, -0.15) is 5.26 Å². The van der Waals surface area contributed by atoms with Gasteiger partial charge in [0.1, 0.15) is 11.6 Å². The van der Waals surface area contributed by atoms with E-state index in [-0.39, 0.29) is 0 Å². The van der Waals surface area contributed by atoms with E-state index in [4.69, 9.17) is 15.7 Å². The molecule has 2 N–H and O–H groups in total. The van der Waals surface area contributed by atoms with Gasteiger partial charge in [0.2, 0.25) is 0 Å². The third kappa shape index (κ3) is 4.48. The lowest BCUT2D eigenvalue weighted by Gasteiger charge is -2.22. The molecule has 13 heavy (non-hydrogen) atoms. The minimum Gasteiger partial charge on any atom is -0.460 e. The molecule has 0 fully saturated rings. The maximum Gasteiger partial charge on any atom is 0.311 e. The molecule has 2 atom stereocenters. The number of rotatable bonds is 2. The van der Waals surface area contributed by atoms with E-state index < -0.39 is 23.5 Å². The van der Waals surface area contributed by atoms with Gasteiger partial charge in [-0.05, 0) is 27.7 Å². The fourth-order valence-electron chi connectivity index (χ4n) is 0.653. The Morgan fingerprint density at radius 1 is 1.54 bits per heavy atom. The first-order valence-electron chi connectivity index (χ1n) is 4.16. The molecule has 0 unspecified atom stereocenters. The summed E-state index contributed by atoms with van der Waals surface area (Å²) < 4.78 is 5.05. The van der Waals surface area contributed by atoms with Crippen molar-refractivity contribution >= 4 is 5.97 Å². The molecule has 4 nitrogen and oxygen atoms in total. The molecule has 0 saturated heterocycles. The van der Waals surface area contributed by atoms with Gasteiger partial charge in [0, 0.05) is 0 Å². The van der Waals surface area contributed by atoms with Crippen LogP contribution in [0.2, 0.25) is 0 Å². The third-order valence-corrected chi connectivity index (χ3v) is 1.47. The predicted octanol–water partition coefficient (Wildman–Crippen LogP) is 0.815. The molecule has 0 aliphatic rings. The number of hydrogen-bond donors (Lipinski definition) is 1. The summed E-state index contributed by atoms with van der Waals surface area (Å²) in [6.45, 7) is 6.91. The molecule has 0 bridgehead atoms. The number of hydrogen-bond acceptors (Lipinski definition) is 4. The molecule has 0 amide bonds. The molecule has 74 valence electrons. The average molecular weight is 184 g/mol. The van der Waals surface area contributed by atoms with E-state index >= 15 is 0 Å². The number of nitrogens with zero attached hydrogens (tertiary/aromatic N) is 1. The number of carbonyl (C=O) groups is 1. The standard InChI is InChI=1S/C9H16N2O2/c1-6(7(11)5-10)8(12)13-9(2,3)4/h6-7H,11H2,1-4H3/t6-,7+/m1/s1. The molecule has 0 aromatic rings. The molecule has 0 aromatic carbocycles. The van der Waals surface area contributed by atoms with Gasteiger partial charge in [-0.3, -0.25) is 4.79 Å². The highest BCUT2D eigenvalue weighted by atomic mass is 16.6. The van der Waals surface area contributed by atoms with Gasteiger partial charge >= 0.3 is 5.97 Å². The van der Waals surface area contributed by atoms with Gasteiger partial charge in [-0.1, -0.05) is 0 Å². The van der Waals surface area contributed by atoms with Crippen LogP contribution in [0, 0.1) is 17.2 Å². The number of ether oxygens (including phenoxy) is 1. The van der Waals surface area contributed by atoms with E-state index in [2.05, 4.69) is 0 Å². The molecule has 0 aliphatic heterocycles. The first kappa shape index (κ1) is 11.9. The maximum absolute atomic E-state index is 11.3. The van der Waals surface area contributed by atoms with E-state index in [1.165, 1.54) is 0 Å². The minimum absolute atomic E-state index is 0.429. The topological polar surface area (TPSA) is 76.1 Å². The van der Waals surface area contributed by atoms with Gasteiger partial charge < -0.3 is 10.5 Å². The third-order valence-electron chi connectivity index (χ3n) is 1.47. The maximum atomic E-state index is 11.3. The highest BCUT2D eigenvalue weighted by Crippen LogP contribution is 2.12. The smallest absolute Gasteiger partial charge is 0.311 e. The zero-order chi connectivity index (χ0) is 10.6. The van der Waals surface area contributed by atoms with Crippen molar-refractivity contribution in [2.75, 3.05) is 0 Å². The second-order valence-corrected chi connectivity index (χ2v) is 3.98. The molecule has 0 rings (SSSR count). The van der Waals surface area contributed by atoms with Crippen molar-refractivity contribution in [1.29, 1.82) is 5.26 Å². The van der Waals surface area contributed by atoms with Crippen LogP contribution in [0.15, 0.2) is 0 Å². The van der Waals surface area contributed by atoms with Gasteiger partial charge in [0.05, 0.1) is 12.0 Å². The Labute approximate surface area is 78.7 Å². The Kier molecular flexibility index (Phi) is 3.89. The molecule has 0 heterocycles. The number of nitriles is 1. The average Bonchev–Trinajstić information content (AvgIpc) is 1.98. The highest BCUT2D eigenvalue weighted by Gasteiger charge is 2.25. The molecule has 0 radical (unpaired) electrons. The number of carbonyl (C=O) groups excluding carboxylic acids is 1. The molecule has 0 saturated carbocycles. The zero-order valence-electron chi connectivity index (χ0n) is 8.50. The zero-order valence-corrected chi connectivity index (χ0v) is 8.50. The molecular weight excluding hydrogens is 168 g/mol. The van der Waals surface area contributed by atoms with Gasteiger partial charge in [0.25, 0.3) is 0 Å². The first-order valence-corrected chi connectivity index (χ1v) is 4.16. The van der Waals surface area contributed by atoms with E-state index in [0.717, 1.165) is 0 Å². The van der Waals surface area contributed by atoms with Crippen LogP contribution < -0.4 is 5.73 Å². The van der Waals surface area contributed by atoms with E-state index in [1.807, 2.05) is 6.07 Å². The van der Waals surface area contributed by atoms with Gasteiger partial charge in [0.15, 0.2) is 0 Å². The molecule has 0 aromatic heterocycles. The van der Waals surface area contributed by atoms with Crippen molar-refractivity contribution in [3.63, 3.8) is 0 Å². The van der Waals surface area contributed by atoms with E-state index in [9.17, 15) is 4.79 Å². The number of esters is 1. The van der Waals surface area contributed by atoms with Crippen molar-refractivity contribution < 1.29 is 9.53 Å². The lowest BCUT2D eigenvalue weighted by atomic mass is 10.0. The van der Waals surface area contributed by atoms with Gasteiger partial charge in [-0.15, -0.1) is 0 Å². The van der Waals surface area contributed by atoms with Crippen molar-refractivity contribution in [3.05, 3.63) is 0 Å². The Morgan fingerprint density at radius 3 is 2.31 bits per heavy atom. The quantitative estimate of drug-likeness (QED) is 0.644. The predicted molar refractivity (Wildman–Crippen MR) is 48.6 cm³/mol. The van der Waals surface area contributed by atoms with Crippen molar-refractivity contribution in [2.45, 2.75) is 39.3 Å². The first-order chi connectivity index (χ1) is 5.78. The van der Waals surface area contributed by atoms with E-state index in [1.54, 1.807) is 27.7 Å². The van der Waals surface area contributed by atoms with E-state index in [0.29, 0.717) is 0 Å². The second kappa shape index (κ2) is 4.24. The molecule has 0 aliphatic carbocycles. The lowest BCUT2D eigenvalue weighted by Crippen LogP contribution is -2.36. The monoisotopic (exact) mass is 184 g/mol. The Morgan fingerprint density at radius 2 is 2.00 bits per heavy atom. The van der Waals surface area contributed by atoms with Crippen molar-refractivity contribution in [3.8, 4) is 6.07 Å². The van der Waals surface area contributed by atoms with Crippen molar-refractivity contribution in [2.24, 2.45) is 11.7 Å². The van der Waals surface area contributed by atoms with Crippen LogP contribution in [0.4, 0.5) is 0 Å². The van der Waals surface area contributed by atoms with Crippen LogP contribution in [0.25, 0.3) is 0 Å². The normalized spacial score (nSPS) is 15.7. The summed E-state index contributed by atoms with van der Waals surface area (Å²) in [5, 5.41) is 8.47. The van der Waals surface area contributed by atoms with Gasteiger partial charge in [-0.25, -0.2) is 0 Å².